The summed E-state index contributed by atoms with van der Waals surface area (Å²) in [5, 5.41) is 1.86. The molecule has 0 spiro atoms. The molecule has 0 radical (unpaired) electrons. The van der Waals surface area contributed by atoms with E-state index in [4.69, 9.17) is 9.40 Å². The van der Waals surface area contributed by atoms with E-state index in [0.29, 0.717) is 33.9 Å². The first-order valence-electron chi connectivity index (χ1n) is 12.3. The number of aromatic nitrogens is 2. The van der Waals surface area contributed by atoms with Crippen molar-refractivity contribution in [2.24, 2.45) is 0 Å². The standard InChI is InChI=1S/C33H20N2O3/c36-31-26-17-22-11-7-8-12-23(22)18-27(26)32(37)28(31)19-25-20-29-33(35(25)24-13-5-2-6-14-24)34-30(38-29)16-15-21-9-3-1-4-10-21/h1-20H/b16-15+. The van der Waals surface area contributed by atoms with Crippen LogP contribution >= 0.6 is 0 Å². The molecule has 0 atom stereocenters. The van der Waals surface area contributed by atoms with E-state index in [0.717, 1.165) is 22.0 Å². The topological polar surface area (TPSA) is 65.1 Å². The molecule has 2 heterocycles. The van der Waals surface area contributed by atoms with E-state index < -0.39 is 0 Å². The lowest BCUT2D eigenvalue weighted by Crippen LogP contribution is -2.03. The summed E-state index contributed by atoms with van der Waals surface area (Å²) in [6.45, 7) is 0. The van der Waals surface area contributed by atoms with Crippen molar-refractivity contribution in [3.8, 4) is 5.69 Å². The number of hydrogen-bond acceptors (Lipinski definition) is 4. The number of carbonyl (C=O) groups excluding carboxylic acids is 2. The van der Waals surface area contributed by atoms with Gasteiger partial charge in [-0.3, -0.25) is 14.2 Å². The molecule has 4 aromatic carbocycles. The average Bonchev–Trinajstić information content (AvgIpc) is 3.57. The summed E-state index contributed by atoms with van der Waals surface area (Å²) < 4.78 is 7.96. The van der Waals surface area contributed by atoms with E-state index in [1.807, 2.05) is 108 Å². The number of hydrogen-bond donors (Lipinski definition) is 0. The maximum atomic E-state index is 13.4. The van der Waals surface area contributed by atoms with Crippen molar-refractivity contribution in [2.75, 3.05) is 0 Å². The third-order valence-corrected chi connectivity index (χ3v) is 6.79. The number of ketones is 2. The van der Waals surface area contributed by atoms with Gasteiger partial charge in [-0.05, 0) is 52.8 Å². The van der Waals surface area contributed by atoms with Gasteiger partial charge in [0.1, 0.15) is 0 Å². The quantitative estimate of drug-likeness (QED) is 0.190. The number of benzene rings is 4. The average molecular weight is 493 g/mol. The molecule has 0 saturated heterocycles. The molecule has 5 heteroatoms. The number of oxazole rings is 1. The van der Waals surface area contributed by atoms with Crippen LogP contribution in [0.5, 0.6) is 0 Å². The van der Waals surface area contributed by atoms with Crippen LogP contribution in [0, 0.1) is 0 Å². The molecule has 1 aliphatic carbocycles. The van der Waals surface area contributed by atoms with Crippen molar-refractivity contribution >= 4 is 51.8 Å². The fourth-order valence-electron chi connectivity index (χ4n) is 4.96. The van der Waals surface area contributed by atoms with E-state index in [1.165, 1.54) is 0 Å². The Morgan fingerprint density at radius 3 is 1.95 bits per heavy atom. The van der Waals surface area contributed by atoms with Gasteiger partial charge in [0.15, 0.2) is 22.8 Å². The van der Waals surface area contributed by atoms with Crippen LogP contribution in [0.4, 0.5) is 0 Å². The SMILES string of the molecule is O=C1C(=Cc2cc3oc(/C=C/c4ccccc4)nc3n2-c2ccccc2)C(=O)c2cc3ccccc3cc21. The zero-order valence-corrected chi connectivity index (χ0v) is 20.2. The van der Waals surface area contributed by atoms with E-state index in [2.05, 4.69) is 0 Å². The summed E-state index contributed by atoms with van der Waals surface area (Å²) in [6.07, 6.45) is 5.42. The number of Topliss-reactive ketones (excluding diaryl/α,β-unsaturated/α-hetero) is 2. The Kier molecular flexibility index (Phi) is 5.01. The molecule has 7 rings (SSSR count). The largest absolute Gasteiger partial charge is 0.435 e. The highest BCUT2D eigenvalue weighted by molar-refractivity contribution is 6.42. The Labute approximate surface area is 218 Å². The van der Waals surface area contributed by atoms with Gasteiger partial charge in [0.2, 0.25) is 5.89 Å². The van der Waals surface area contributed by atoms with Crippen LogP contribution in [0.3, 0.4) is 0 Å². The first-order valence-corrected chi connectivity index (χ1v) is 12.3. The molecule has 180 valence electrons. The molecule has 6 aromatic rings. The first kappa shape index (κ1) is 21.9. The molecule has 2 aromatic heterocycles. The van der Waals surface area contributed by atoms with Crippen LogP contribution in [0.1, 0.15) is 37.9 Å². The summed E-state index contributed by atoms with van der Waals surface area (Å²) in [7, 11) is 0. The predicted molar refractivity (Wildman–Crippen MR) is 149 cm³/mol. The maximum absolute atomic E-state index is 13.4. The second-order valence-corrected chi connectivity index (χ2v) is 9.19. The molecular formula is C33H20N2O3. The number of allylic oxidation sites excluding steroid dienone is 1. The Balaban J connectivity index is 1.34. The van der Waals surface area contributed by atoms with Gasteiger partial charge in [0.05, 0.1) is 11.3 Å². The predicted octanol–water partition coefficient (Wildman–Crippen LogP) is 7.40. The minimum Gasteiger partial charge on any atom is -0.435 e. The fourth-order valence-corrected chi connectivity index (χ4v) is 4.96. The van der Waals surface area contributed by atoms with Gasteiger partial charge in [-0.15, -0.1) is 0 Å². The number of carbonyl (C=O) groups is 2. The Morgan fingerprint density at radius 2 is 1.29 bits per heavy atom. The highest BCUT2D eigenvalue weighted by atomic mass is 16.3. The van der Waals surface area contributed by atoms with Crippen LogP contribution in [0.25, 0.3) is 45.9 Å². The monoisotopic (exact) mass is 492 g/mol. The summed E-state index contributed by atoms with van der Waals surface area (Å²) in [6, 6.07) is 32.8. The van der Waals surface area contributed by atoms with Crippen molar-refractivity contribution in [1.82, 2.24) is 9.55 Å². The van der Waals surface area contributed by atoms with Crippen LogP contribution in [-0.2, 0) is 0 Å². The summed E-state index contributed by atoms with van der Waals surface area (Å²) in [5.74, 6) is -0.0740. The molecule has 0 aliphatic heterocycles. The molecule has 0 amide bonds. The third kappa shape index (κ3) is 3.61. The fraction of sp³-hybridized carbons (Fsp3) is 0. The van der Waals surface area contributed by atoms with Gasteiger partial charge >= 0.3 is 0 Å². The number of rotatable bonds is 4. The molecule has 5 nitrogen and oxygen atoms in total. The van der Waals surface area contributed by atoms with Gasteiger partial charge in [-0.2, -0.15) is 4.98 Å². The summed E-state index contributed by atoms with van der Waals surface area (Å²) in [5.41, 5.74) is 4.72. The number of nitrogens with zero attached hydrogens (tertiary/aromatic N) is 2. The number of fused-ring (bicyclic) bond motifs is 3. The van der Waals surface area contributed by atoms with Crippen molar-refractivity contribution in [3.63, 3.8) is 0 Å². The highest BCUT2D eigenvalue weighted by Crippen LogP contribution is 2.33. The van der Waals surface area contributed by atoms with Gasteiger partial charge in [0, 0.05) is 29.0 Å². The van der Waals surface area contributed by atoms with Crippen molar-refractivity contribution < 1.29 is 14.0 Å². The zero-order valence-electron chi connectivity index (χ0n) is 20.2. The smallest absolute Gasteiger partial charge is 0.221 e. The highest BCUT2D eigenvalue weighted by Gasteiger charge is 2.34. The van der Waals surface area contributed by atoms with E-state index in [1.54, 1.807) is 18.2 Å². The van der Waals surface area contributed by atoms with E-state index in [9.17, 15) is 9.59 Å². The Morgan fingerprint density at radius 1 is 0.684 bits per heavy atom. The van der Waals surface area contributed by atoms with Crippen LogP contribution < -0.4 is 0 Å². The van der Waals surface area contributed by atoms with Crippen LogP contribution in [0.15, 0.2) is 113 Å². The minimum atomic E-state index is -0.271. The molecule has 0 fully saturated rings. The lowest BCUT2D eigenvalue weighted by atomic mass is 10.0. The Hall–Kier alpha value is -5.29. The van der Waals surface area contributed by atoms with Gasteiger partial charge in [0.25, 0.3) is 0 Å². The molecule has 0 unspecified atom stereocenters. The van der Waals surface area contributed by atoms with Gasteiger partial charge in [-0.1, -0.05) is 72.8 Å². The molecule has 0 saturated carbocycles. The minimum absolute atomic E-state index is 0.136. The van der Waals surface area contributed by atoms with E-state index in [-0.39, 0.29) is 17.1 Å². The molecule has 0 N–H and O–H groups in total. The second-order valence-electron chi connectivity index (χ2n) is 9.19. The van der Waals surface area contributed by atoms with Crippen molar-refractivity contribution in [2.45, 2.75) is 0 Å². The lowest BCUT2D eigenvalue weighted by molar-refractivity contribution is 0.0990. The third-order valence-electron chi connectivity index (χ3n) is 6.79. The summed E-state index contributed by atoms with van der Waals surface area (Å²) >= 11 is 0. The van der Waals surface area contributed by atoms with E-state index >= 15 is 0 Å². The molecular weight excluding hydrogens is 472 g/mol. The summed E-state index contributed by atoms with van der Waals surface area (Å²) in [4.78, 5) is 31.5. The second kappa shape index (κ2) is 8.68. The van der Waals surface area contributed by atoms with Gasteiger partial charge in [-0.25, -0.2) is 0 Å². The zero-order chi connectivity index (χ0) is 25.6. The normalized spacial score (nSPS) is 13.2. The first-order chi connectivity index (χ1) is 18.7. The van der Waals surface area contributed by atoms with Crippen molar-refractivity contribution in [3.05, 3.63) is 137 Å². The number of para-hydroxylation sites is 1. The lowest BCUT2D eigenvalue weighted by Gasteiger charge is -2.07. The molecule has 38 heavy (non-hydrogen) atoms. The molecule has 0 bridgehead atoms. The molecule has 1 aliphatic rings. The Bertz CT molecular complexity index is 1880. The maximum Gasteiger partial charge on any atom is 0.221 e. The van der Waals surface area contributed by atoms with Gasteiger partial charge < -0.3 is 4.42 Å². The van der Waals surface area contributed by atoms with Crippen LogP contribution in [-0.4, -0.2) is 21.1 Å². The van der Waals surface area contributed by atoms with Crippen LogP contribution in [0.2, 0.25) is 0 Å². The van der Waals surface area contributed by atoms with Crippen molar-refractivity contribution in [1.29, 1.82) is 0 Å².